The van der Waals surface area contributed by atoms with E-state index in [0.717, 1.165) is 29.9 Å². The monoisotopic (exact) mass is 407 g/mol. The summed E-state index contributed by atoms with van der Waals surface area (Å²) in [6.45, 7) is 2.25. The lowest BCUT2D eigenvalue weighted by Crippen LogP contribution is -2.57. The molecule has 4 saturated carbocycles. The minimum absolute atomic E-state index is 0.104. The average Bonchev–Trinajstić information content (AvgIpc) is 2.58. The van der Waals surface area contributed by atoms with Crippen LogP contribution in [0.15, 0.2) is 29.2 Å². The number of thiocarbonyl (C=S) groups is 1. The molecule has 4 bridgehead atoms. The average molecular weight is 408 g/mol. The summed E-state index contributed by atoms with van der Waals surface area (Å²) in [5, 5.41) is 12.6. The van der Waals surface area contributed by atoms with Crippen molar-refractivity contribution in [2.24, 2.45) is 28.3 Å². The first kappa shape index (κ1) is 19.2. The number of primary sulfonamides is 1. The van der Waals surface area contributed by atoms with Gasteiger partial charge < -0.3 is 10.6 Å². The third kappa shape index (κ3) is 3.87. The Labute approximate surface area is 167 Å². The second-order valence-corrected chi connectivity index (χ2v) is 10.9. The van der Waals surface area contributed by atoms with Crippen LogP contribution in [-0.4, -0.2) is 19.6 Å². The molecular weight excluding hydrogens is 378 g/mol. The van der Waals surface area contributed by atoms with E-state index in [0.29, 0.717) is 16.6 Å². The third-order valence-corrected chi connectivity index (χ3v) is 8.13. The van der Waals surface area contributed by atoms with Crippen molar-refractivity contribution < 1.29 is 8.42 Å². The largest absolute Gasteiger partial charge is 0.359 e. The van der Waals surface area contributed by atoms with Gasteiger partial charge in [0.25, 0.3) is 0 Å². The summed E-state index contributed by atoms with van der Waals surface area (Å²) < 4.78 is 22.8. The molecule has 1 unspecified atom stereocenters. The fourth-order valence-corrected chi connectivity index (χ4v) is 7.12. The maximum atomic E-state index is 11.4. The van der Waals surface area contributed by atoms with Crippen molar-refractivity contribution in [3.05, 3.63) is 24.3 Å². The van der Waals surface area contributed by atoms with E-state index in [9.17, 15) is 8.42 Å². The summed E-state index contributed by atoms with van der Waals surface area (Å²) in [6.07, 6.45) is 9.42. The maximum Gasteiger partial charge on any atom is 0.238 e. The molecule has 7 heteroatoms. The van der Waals surface area contributed by atoms with Crippen molar-refractivity contribution in [1.29, 1.82) is 0 Å². The van der Waals surface area contributed by atoms with Gasteiger partial charge in [0.2, 0.25) is 10.0 Å². The molecule has 4 aliphatic rings. The number of hydrogen-bond donors (Lipinski definition) is 3. The van der Waals surface area contributed by atoms with Crippen LogP contribution >= 0.6 is 12.2 Å². The summed E-state index contributed by atoms with van der Waals surface area (Å²) in [5.74, 6) is 2.75. The van der Waals surface area contributed by atoms with Crippen molar-refractivity contribution in [3.8, 4) is 0 Å². The summed E-state index contributed by atoms with van der Waals surface area (Å²) in [4.78, 5) is 0.104. The van der Waals surface area contributed by atoms with Crippen LogP contribution in [0.5, 0.6) is 0 Å². The minimum atomic E-state index is -3.67. The fourth-order valence-electron chi connectivity index (χ4n) is 6.35. The molecule has 5 rings (SSSR count). The molecule has 0 aliphatic heterocycles. The van der Waals surface area contributed by atoms with Crippen LogP contribution in [0.4, 0.5) is 5.69 Å². The van der Waals surface area contributed by atoms with E-state index in [1.165, 1.54) is 50.7 Å². The summed E-state index contributed by atoms with van der Waals surface area (Å²) in [5.41, 5.74) is 1.16. The lowest BCUT2D eigenvalue weighted by molar-refractivity contribution is -0.0709. The maximum absolute atomic E-state index is 11.4. The van der Waals surface area contributed by atoms with Crippen LogP contribution in [-0.2, 0) is 10.0 Å². The Hall–Kier alpha value is -1.18. The summed E-state index contributed by atoms with van der Waals surface area (Å²) >= 11 is 5.57. The summed E-state index contributed by atoms with van der Waals surface area (Å²) in [6, 6.07) is 6.78. The van der Waals surface area contributed by atoms with Gasteiger partial charge in [0, 0.05) is 11.7 Å². The molecular formula is C20H29N3O2S2. The van der Waals surface area contributed by atoms with E-state index < -0.39 is 10.0 Å². The van der Waals surface area contributed by atoms with Crippen molar-refractivity contribution in [3.63, 3.8) is 0 Å². The van der Waals surface area contributed by atoms with Gasteiger partial charge >= 0.3 is 0 Å². The highest BCUT2D eigenvalue weighted by molar-refractivity contribution is 7.89. The third-order valence-electron chi connectivity index (χ3n) is 6.98. The van der Waals surface area contributed by atoms with Gasteiger partial charge in [-0.1, -0.05) is 6.92 Å². The molecule has 4 N–H and O–H groups in total. The van der Waals surface area contributed by atoms with Crippen LogP contribution < -0.4 is 15.8 Å². The smallest absolute Gasteiger partial charge is 0.238 e. The first-order valence-corrected chi connectivity index (χ1v) is 11.9. The number of nitrogens with two attached hydrogens (primary N) is 1. The number of rotatable bonds is 5. The quantitative estimate of drug-likeness (QED) is 0.649. The number of hydrogen-bond acceptors (Lipinski definition) is 3. The highest BCUT2D eigenvalue weighted by atomic mass is 32.2. The lowest BCUT2D eigenvalue weighted by Gasteiger charge is -2.59. The van der Waals surface area contributed by atoms with E-state index in [4.69, 9.17) is 17.4 Å². The molecule has 1 aromatic rings. The second-order valence-electron chi connectivity index (χ2n) is 8.91. The van der Waals surface area contributed by atoms with Gasteiger partial charge in [-0.15, -0.1) is 0 Å². The highest BCUT2D eigenvalue weighted by Crippen LogP contribution is 2.61. The molecule has 4 fully saturated rings. The van der Waals surface area contributed by atoms with Crippen LogP contribution in [0.3, 0.4) is 0 Å². The lowest BCUT2D eigenvalue weighted by atomic mass is 9.47. The number of sulfonamides is 1. The number of benzene rings is 1. The van der Waals surface area contributed by atoms with Gasteiger partial charge in [-0.25, -0.2) is 13.6 Å². The molecule has 0 heterocycles. The van der Waals surface area contributed by atoms with Gasteiger partial charge in [-0.05, 0) is 105 Å². The first-order chi connectivity index (χ1) is 12.8. The van der Waals surface area contributed by atoms with E-state index in [1.807, 2.05) is 0 Å². The zero-order chi connectivity index (χ0) is 19.2. The Bertz CT molecular complexity index is 785. The van der Waals surface area contributed by atoms with E-state index in [1.54, 1.807) is 12.1 Å². The Kier molecular flexibility index (Phi) is 4.97. The molecule has 1 atom stereocenters. The molecule has 5 nitrogen and oxygen atoms in total. The van der Waals surface area contributed by atoms with Gasteiger partial charge in [0.05, 0.1) is 4.90 Å². The van der Waals surface area contributed by atoms with Gasteiger partial charge in [0.15, 0.2) is 5.11 Å². The van der Waals surface area contributed by atoms with E-state index in [-0.39, 0.29) is 4.90 Å². The van der Waals surface area contributed by atoms with E-state index >= 15 is 0 Å². The molecule has 148 valence electrons. The van der Waals surface area contributed by atoms with Gasteiger partial charge in [-0.3, -0.25) is 0 Å². The molecule has 0 radical (unpaired) electrons. The number of nitrogens with one attached hydrogen (secondary N) is 2. The SMILES string of the molecule is CCC(NC(=S)Nc1ccc(S(N)(=O)=O)cc1)C12CC3CC(CC(C3)C1)C2. The predicted molar refractivity (Wildman–Crippen MR) is 112 cm³/mol. The van der Waals surface area contributed by atoms with Crippen LogP contribution in [0.25, 0.3) is 0 Å². The van der Waals surface area contributed by atoms with Crippen molar-refractivity contribution in [2.75, 3.05) is 5.32 Å². The van der Waals surface area contributed by atoms with Gasteiger partial charge in [-0.2, -0.15) is 0 Å². The Morgan fingerprint density at radius 1 is 1.15 bits per heavy atom. The Morgan fingerprint density at radius 2 is 1.67 bits per heavy atom. The van der Waals surface area contributed by atoms with Crippen LogP contribution in [0.2, 0.25) is 0 Å². The van der Waals surface area contributed by atoms with Crippen LogP contribution in [0.1, 0.15) is 51.9 Å². The molecule has 1 aromatic carbocycles. The molecule has 4 aliphatic carbocycles. The highest BCUT2D eigenvalue weighted by Gasteiger charge is 2.53. The van der Waals surface area contributed by atoms with Crippen molar-refractivity contribution in [2.45, 2.75) is 62.8 Å². The van der Waals surface area contributed by atoms with Crippen molar-refractivity contribution >= 4 is 33.0 Å². The van der Waals surface area contributed by atoms with Crippen LogP contribution in [0, 0.1) is 23.2 Å². The zero-order valence-corrected chi connectivity index (χ0v) is 17.4. The van der Waals surface area contributed by atoms with Gasteiger partial charge in [0.1, 0.15) is 0 Å². The molecule has 0 aromatic heterocycles. The standard InChI is InChI=1S/C20H29N3O2S2/c1-2-18(20-10-13-7-14(11-20)9-15(8-13)12-20)23-19(26)22-16-3-5-17(6-4-16)27(21,24)25/h3-6,13-15,18H,2,7-12H2,1H3,(H2,21,24,25)(H2,22,23,26). The minimum Gasteiger partial charge on any atom is -0.359 e. The molecule has 0 saturated heterocycles. The Balaban J connectivity index is 1.42. The molecule has 27 heavy (non-hydrogen) atoms. The Morgan fingerprint density at radius 3 is 2.11 bits per heavy atom. The summed E-state index contributed by atoms with van der Waals surface area (Å²) in [7, 11) is -3.67. The first-order valence-electron chi connectivity index (χ1n) is 9.98. The number of anilines is 1. The fraction of sp³-hybridized carbons (Fsp3) is 0.650. The second kappa shape index (κ2) is 7.01. The zero-order valence-electron chi connectivity index (χ0n) is 15.8. The molecule has 0 spiro atoms. The van der Waals surface area contributed by atoms with Crippen molar-refractivity contribution in [1.82, 2.24) is 5.32 Å². The van der Waals surface area contributed by atoms with E-state index in [2.05, 4.69) is 17.6 Å². The predicted octanol–water partition coefficient (Wildman–Crippen LogP) is 3.62. The molecule has 0 amide bonds. The topological polar surface area (TPSA) is 84.2 Å². The normalized spacial score (nSPS) is 32.9.